The van der Waals surface area contributed by atoms with Crippen LogP contribution in [0.2, 0.25) is 0 Å². The Kier molecular flexibility index (Phi) is 3.46. The molecule has 0 atom stereocenters. The van der Waals surface area contributed by atoms with Gasteiger partial charge in [-0.25, -0.2) is 8.78 Å². The van der Waals surface area contributed by atoms with Crippen LogP contribution < -0.4 is 4.74 Å². The number of halogens is 2. The van der Waals surface area contributed by atoms with Gasteiger partial charge in [-0.1, -0.05) is 6.07 Å². The van der Waals surface area contributed by atoms with E-state index in [4.69, 9.17) is 4.74 Å². The van der Waals surface area contributed by atoms with Gasteiger partial charge in [-0.05, 0) is 30.3 Å². The van der Waals surface area contributed by atoms with E-state index < -0.39 is 23.0 Å². The first kappa shape index (κ1) is 13.0. The van der Waals surface area contributed by atoms with Gasteiger partial charge in [0.25, 0.3) is 0 Å². The number of rotatable bonds is 3. The number of phenols is 1. The molecule has 0 radical (unpaired) electrons. The molecule has 0 unspecified atom stereocenters. The molecule has 98 valence electrons. The van der Waals surface area contributed by atoms with Crippen LogP contribution >= 0.6 is 0 Å². The lowest BCUT2D eigenvalue weighted by molar-refractivity contribution is 0.103. The summed E-state index contributed by atoms with van der Waals surface area (Å²) in [6.07, 6.45) is 0. The average Bonchev–Trinajstić information content (AvgIpc) is 2.39. The zero-order chi connectivity index (χ0) is 14.0. The average molecular weight is 264 g/mol. The molecular weight excluding hydrogens is 254 g/mol. The molecule has 0 bridgehead atoms. The van der Waals surface area contributed by atoms with E-state index in [1.807, 2.05) is 0 Å². The van der Waals surface area contributed by atoms with Gasteiger partial charge >= 0.3 is 0 Å². The second kappa shape index (κ2) is 5.06. The van der Waals surface area contributed by atoms with Crippen LogP contribution in [-0.2, 0) is 0 Å². The predicted octanol–water partition coefficient (Wildman–Crippen LogP) is 2.91. The van der Waals surface area contributed by atoms with Gasteiger partial charge in [0, 0.05) is 5.56 Å². The number of hydrogen-bond acceptors (Lipinski definition) is 3. The van der Waals surface area contributed by atoms with Crippen LogP contribution in [0.4, 0.5) is 8.78 Å². The van der Waals surface area contributed by atoms with E-state index in [0.717, 1.165) is 12.1 Å². The Morgan fingerprint density at radius 1 is 1.16 bits per heavy atom. The van der Waals surface area contributed by atoms with E-state index >= 15 is 0 Å². The fourth-order valence-corrected chi connectivity index (χ4v) is 1.68. The van der Waals surface area contributed by atoms with Gasteiger partial charge in [0.1, 0.15) is 11.6 Å². The summed E-state index contributed by atoms with van der Waals surface area (Å²) in [7, 11) is 1.31. The van der Waals surface area contributed by atoms with Crippen molar-refractivity contribution in [1.29, 1.82) is 0 Å². The van der Waals surface area contributed by atoms with Gasteiger partial charge < -0.3 is 9.84 Å². The maximum Gasteiger partial charge on any atom is 0.199 e. The molecule has 2 aromatic rings. The Labute approximate surface area is 108 Å². The van der Waals surface area contributed by atoms with Crippen molar-refractivity contribution >= 4 is 5.78 Å². The van der Waals surface area contributed by atoms with Crippen molar-refractivity contribution < 1.29 is 23.4 Å². The summed E-state index contributed by atoms with van der Waals surface area (Å²) in [4.78, 5) is 12.1. The highest BCUT2D eigenvalue weighted by Crippen LogP contribution is 2.28. The second-order valence-electron chi connectivity index (χ2n) is 3.81. The van der Waals surface area contributed by atoms with E-state index in [1.54, 1.807) is 0 Å². The number of benzene rings is 2. The summed E-state index contributed by atoms with van der Waals surface area (Å²) in [6, 6.07) is 6.92. The number of methoxy groups -OCH3 is 1. The molecule has 0 aliphatic rings. The molecular formula is C14H10F2O3. The van der Waals surface area contributed by atoms with Crippen molar-refractivity contribution in [2.45, 2.75) is 0 Å². The molecule has 1 N–H and O–H groups in total. The second-order valence-corrected chi connectivity index (χ2v) is 3.81. The highest BCUT2D eigenvalue weighted by atomic mass is 19.1. The smallest absolute Gasteiger partial charge is 0.199 e. The molecule has 0 spiro atoms. The first-order chi connectivity index (χ1) is 9.04. The number of ketones is 1. The molecule has 0 fully saturated rings. The van der Waals surface area contributed by atoms with Gasteiger partial charge in [0.2, 0.25) is 0 Å². The SMILES string of the molecule is COc1cc(C(=O)c2c(F)cccc2F)ccc1O. The zero-order valence-corrected chi connectivity index (χ0v) is 9.98. The largest absolute Gasteiger partial charge is 0.504 e. The van der Waals surface area contributed by atoms with E-state index in [9.17, 15) is 18.7 Å². The minimum Gasteiger partial charge on any atom is -0.504 e. The predicted molar refractivity (Wildman–Crippen MR) is 64.4 cm³/mol. The molecule has 0 saturated carbocycles. The maximum absolute atomic E-state index is 13.5. The molecule has 2 aromatic carbocycles. The Bertz CT molecular complexity index is 618. The van der Waals surface area contributed by atoms with Crippen LogP contribution in [0, 0.1) is 11.6 Å². The normalized spacial score (nSPS) is 10.3. The number of phenolic OH excluding ortho intramolecular Hbond substituents is 1. The van der Waals surface area contributed by atoms with Gasteiger partial charge in [0.05, 0.1) is 12.7 Å². The summed E-state index contributed by atoms with van der Waals surface area (Å²) < 4.78 is 31.9. The maximum atomic E-state index is 13.5. The lowest BCUT2D eigenvalue weighted by Gasteiger charge is -2.07. The minimum atomic E-state index is -0.933. The Balaban J connectivity index is 2.50. The molecule has 0 aliphatic heterocycles. The molecule has 5 heteroatoms. The molecule has 0 aliphatic carbocycles. The van der Waals surface area contributed by atoms with Crippen LogP contribution in [0.1, 0.15) is 15.9 Å². The quantitative estimate of drug-likeness (QED) is 0.867. The Morgan fingerprint density at radius 2 is 1.79 bits per heavy atom. The standard InChI is InChI=1S/C14H10F2O3/c1-19-12-7-8(5-6-11(12)17)14(18)13-9(15)3-2-4-10(13)16/h2-7,17H,1H3. The highest BCUT2D eigenvalue weighted by molar-refractivity contribution is 6.09. The Hall–Kier alpha value is -2.43. The molecule has 0 heterocycles. The third-order valence-electron chi connectivity index (χ3n) is 2.63. The van der Waals surface area contributed by atoms with Crippen LogP contribution in [0.25, 0.3) is 0 Å². The number of aromatic hydroxyl groups is 1. The zero-order valence-electron chi connectivity index (χ0n) is 9.98. The number of ether oxygens (including phenoxy) is 1. The van der Waals surface area contributed by atoms with Crippen molar-refractivity contribution in [2.75, 3.05) is 7.11 Å². The van der Waals surface area contributed by atoms with Crippen LogP contribution in [0.3, 0.4) is 0 Å². The van der Waals surface area contributed by atoms with Gasteiger partial charge in [-0.15, -0.1) is 0 Å². The minimum absolute atomic E-state index is 0.0265. The Morgan fingerprint density at radius 3 is 2.37 bits per heavy atom. The topological polar surface area (TPSA) is 46.5 Å². The van der Waals surface area contributed by atoms with Crippen molar-refractivity contribution in [3.8, 4) is 11.5 Å². The first-order valence-corrected chi connectivity index (χ1v) is 5.40. The summed E-state index contributed by atoms with van der Waals surface area (Å²) in [5, 5.41) is 9.41. The third kappa shape index (κ3) is 2.40. The third-order valence-corrected chi connectivity index (χ3v) is 2.63. The molecule has 3 nitrogen and oxygen atoms in total. The van der Waals surface area contributed by atoms with Crippen molar-refractivity contribution in [1.82, 2.24) is 0 Å². The number of carbonyl (C=O) groups excluding carboxylic acids is 1. The van der Waals surface area contributed by atoms with Gasteiger partial charge in [0.15, 0.2) is 17.3 Å². The molecule has 19 heavy (non-hydrogen) atoms. The van der Waals surface area contributed by atoms with E-state index in [2.05, 4.69) is 0 Å². The number of hydrogen-bond donors (Lipinski definition) is 1. The molecule has 0 aromatic heterocycles. The molecule has 0 saturated heterocycles. The van der Waals surface area contributed by atoms with Crippen LogP contribution in [0.5, 0.6) is 11.5 Å². The van der Waals surface area contributed by atoms with Gasteiger partial charge in [-0.3, -0.25) is 4.79 Å². The van der Waals surface area contributed by atoms with Gasteiger partial charge in [-0.2, -0.15) is 0 Å². The summed E-state index contributed by atoms with van der Waals surface area (Å²) in [5.74, 6) is -2.78. The summed E-state index contributed by atoms with van der Waals surface area (Å²) >= 11 is 0. The monoisotopic (exact) mass is 264 g/mol. The van der Waals surface area contributed by atoms with Crippen LogP contribution in [-0.4, -0.2) is 18.0 Å². The van der Waals surface area contributed by atoms with E-state index in [1.165, 1.54) is 31.4 Å². The summed E-state index contributed by atoms with van der Waals surface area (Å²) in [5.41, 5.74) is -0.603. The molecule has 2 rings (SSSR count). The van der Waals surface area contributed by atoms with Crippen molar-refractivity contribution in [3.63, 3.8) is 0 Å². The first-order valence-electron chi connectivity index (χ1n) is 5.40. The summed E-state index contributed by atoms with van der Waals surface area (Å²) in [6.45, 7) is 0. The van der Waals surface area contributed by atoms with E-state index in [-0.39, 0.29) is 17.1 Å². The van der Waals surface area contributed by atoms with Crippen LogP contribution in [0.15, 0.2) is 36.4 Å². The van der Waals surface area contributed by atoms with Crippen molar-refractivity contribution in [2.24, 2.45) is 0 Å². The molecule has 0 amide bonds. The number of carbonyl (C=O) groups is 1. The fourth-order valence-electron chi connectivity index (χ4n) is 1.68. The van der Waals surface area contributed by atoms with Crippen molar-refractivity contribution in [3.05, 3.63) is 59.2 Å². The lowest BCUT2D eigenvalue weighted by Crippen LogP contribution is -2.07. The lowest BCUT2D eigenvalue weighted by atomic mass is 10.0. The fraction of sp³-hybridized carbons (Fsp3) is 0.0714. The highest BCUT2D eigenvalue weighted by Gasteiger charge is 2.19. The van der Waals surface area contributed by atoms with E-state index in [0.29, 0.717) is 0 Å².